The predicted molar refractivity (Wildman–Crippen MR) is 107 cm³/mol. The van der Waals surface area contributed by atoms with Crippen molar-refractivity contribution in [3.05, 3.63) is 29.8 Å². The second-order valence-corrected chi connectivity index (χ2v) is 8.44. The maximum absolute atomic E-state index is 13.0. The van der Waals surface area contributed by atoms with Gasteiger partial charge in [-0.3, -0.25) is 14.5 Å². The monoisotopic (exact) mass is 425 g/mol. The minimum atomic E-state index is -2.96. The number of halogens is 2. The van der Waals surface area contributed by atoms with Crippen LogP contribution in [0.4, 0.5) is 13.6 Å². The summed E-state index contributed by atoms with van der Waals surface area (Å²) in [5, 5.41) is 2.61. The van der Waals surface area contributed by atoms with Gasteiger partial charge in [-0.1, -0.05) is 39.8 Å². The van der Waals surface area contributed by atoms with Crippen molar-refractivity contribution in [1.82, 2.24) is 15.1 Å². The van der Waals surface area contributed by atoms with E-state index in [-0.39, 0.29) is 30.0 Å². The Bertz CT molecular complexity index is 773. The van der Waals surface area contributed by atoms with Gasteiger partial charge in [-0.15, -0.1) is 0 Å². The summed E-state index contributed by atoms with van der Waals surface area (Å²) in [5.41, 5.74) is -1.000. The van der Waals surface area contributed by atoms with Crippen molar-refractivity contribution in [3.8, 4) is 5.75 Å². The molecule has 1 aromatic carbocycles. The number of benzene rings is 1. The molecule has 1 N–H and O–H groups in total. The zero-order chi connectivity index (χ0) is 22.6. The minimum absolute atomic E-state index is 0.0563. The van der Waals surface area contributed by atoms with E-state index in [0.29, 0.717) is 18.7 Å². The van der Waals surface area contributed by atoms with E-state index in [9.17, 15) is 23.2 Å². The molecule has 0 radical (unpaired) electrons. The first-order valence-corrected chi connectivity index (χ1v) is 9.91. The third kappa shape index (κ3) is 5.46. The normalized spacial score (nSPS) is 19.1. The summed E-state index contributed by atoms with van der Waals surface area (Å²) < 4.78 is 29.0. The van der Waals surface area contributed by atoms with Crippen molar-refractivity contribution in [2.45, 2.75) is 46.8 Å². The van der Waals surface area contributed by atoms with E-state index in [2.05, 4.69) is 10.1 Å². The van der Waals surface area contributed by atoms with Crippen LogP contribution >= 0.6 is 0 Å². The summed E-state index contributed by atoms with van der Waals surface area (Å²) in [7, 11) is 0. The number of carbonyl (C=O) groups excluding carboxylic acids is 3. The molecular weight excluding hydrogens is 396 g/mol. The SMILES string of the molecule is CC(C)CN(CC(C)C)C(=O)CN1C(=O)N[C@](C)(c2ccc(OC(F)F)cc2)C1=O. The minimum Gasteiger partial charge on any atom is -0.435 e. The number of nitrogens with zero attached hydrogens (tertiary/aromatic N) is 2. The van der Waals surface area contributed by atoms with Crippen molar-refractivity contribution < 1.29 is 27.9 Å². The summed E-state index contributed by atoms with van der Waals surface area (Å²) in [4.78, 5) is 40.9. The van der Waals surface area contributed by atoms with Gasteiger partial charge in [0, 0.05) is 13.1 Å². The second-order valence-electron chi connectivity index (χ2n) is 8.44. The van der Waals surface area contributed by atoms with Crippen molar-refractivity contribution >= 4 is 17.8 Å². The summed E-state index contributed by atoms with van der Waals surface area (Å²) in [6.07, 6.45) is 0. The van der Waals surface area contributed by atoms with E-state index in [4.69, 9.17) is 0 Å². The lowest BCUT2D eigenvalue weighted by Gasteiger charge is -2.28. The molecule has 0 unspecified atom stereocenters. The van der Waals surface area contributed by atoms with Gasteiger partial charge in [0.05, 0.1) is 0 Å². The molecule has 4 amide bonds. The highest BCUT2D eigenvalue weighted by atomic mass is 19.3. The van der Waals surface area contributed by atoms with Crippen LogP contribution in [-0.4, -0.2) is 53.9 Å². The van der Waals surface area contributed by atoms with Gasteiger partial charge >= 0.3 is 12.6 Å². The maximum atomic E-state index is 13.0. The number of nitrogens with one attached hydrogen (secondary N) is 1. The smallest absolute Gasteiger partial charge is 0.387 e. The fraction of sp³-hybridized carbons (Fsp3) is 0.571. The average Bonchev–Trinajstić information content (AvgIpc) is 2.84. The van der Waals surface area contributed by atoms with Crippen LogP contribution in [0, 0.1) is 11.8 Å². The molecule has 1 atom stereocenters. The number of carbonyl (C=O) groups is 3. The predicted octanol–water partition coefficient (Wildman–Crippen LogP) is 3.20. The molecule has 30 heavy (non-hydrogen) atoms. The van der Waals surface area contributed by atoms with E-state index >= 15 is 0 Å². The first-order valence-electron chi connectivity index (χ1n) is 9.91. The highest BCUT2D eigenvalue weighted by Gasteiger charge is 2.49. The number of hydrogen-bond donors (Lipinski definition) is 1. The Kier molecular flexibility index (Phi) is 7.39. The molecule has 7 nitrogen and oxygen atoms in total. The zero-order valence-corrected chi connectivity index (χ0v) is 17.9. The van der Waals surface area contributed by atoms with Crippen LogP contribution in [0.1, 0.15) is 40.2 Å². The van der Waals surface area contributed by atoms with Crippen molar-refractivity contribution in [2.24, 2.45) is 11.8 Å². The van der Waals surface area contributed by atoms with E-state index < -0.39 is 24.1 Å². The van der Waals surface area contributed by atoms with Crippen LogP contribution in [-0.2, 0) is 15.1 Å². The van der Waals surface area contributed by atoms with Crippen LogP contribution in [0.25, 0.3) is 0 Å². The van der Waals surface area contributed by atoms with Crippen LogP contribution < -0.4 is 10.1 Å². The van der Waals surface area contributed by atoms with Crippen molar-refractivity contribution in [1.29, 1.82) is 0 Å². The topological polar surface area (TPSA) is 79.0 Å². The Hall–Kier alpha value is -2.71. The number of hydrogen-bond acceptors (Lipinski definition) is 4. The zero-order valence-electron chi connectivity index (χ0n) is 17.9. The average molecular weight is 425 g/mol. The molecule has 166 valence electrons. The lowest BCUT2D eigenvalue weighted by Crippen LogP contribution is -2.46. The molecule has 0 aliphatic carbocycles. The number of imide groups is 1. The Morgan fingerprint density at radius 1 is 1.10 bits per heavy atom. The molecule has 1 heterocycles. The van der Waals surface area contributed by atoms with Gasteiger partial charge < -0.3 is 15.0 Å². The largest absolute Gasteiger partial charge is 0.435 e. The second kappa shape index (κ2) is 9.40. The van der Waals surface area contributed by atoms with Crippen molar-refractivity contribution in [2.75, 3.05) is 19.6 Å². The Morgan fingerprint density at radius 2 is 1.63 bits per heavy atom. The maximum Gasteiger partial charge on any atom is 0.387 e. The number of ether oxygens (including phenoxy) is 1. The molecule has 1 aromatic rings. The lowest BCUT2D eigenvalue weighted by molar-refractivity contribution is -0.139. The Labute approximate surface area is 175 Å². The number of rotatable bonds is 9. The number of alkyl halides is 2. The van der Waals surface area contributed by atoms with Gasteiger partial charge in [0.1, 0.15) is 17.8 Å². The molecule has 1 aliphatic rings. The van der Waals surface area contributed by atoms with Gasteiger partial charge in [0.25, 0.3) is 5.91 Å². The molecule has 0 spiro atoms. The third-order valence-electron chi connectivity index (χ3n) is 4.75. The van der Waals surface area contributed by atoms with E-state index in [1.807, 2.05) is 27.7 Å². The van der Waals surface area contributed by atoms with Crippen LogP contribution in [0.15, 0.2) is 24.3 Å². The number of amides is 4. The van der Waals surface area contributed by atoms with E-state index in [1.54, 1.807) is 4.90 Å². The highest BCUT2D eigenvalue weighted by Crippen LogP contribution is 2.30. The molecule has 2 rings (SSSR count). The molecule has 9 heteroatoms. The summed E-state index contributed by atoms with van der Waals surface area (Å²) in [5.74, 6) is -0.437. The summed E-state index contributed by atoms with van der Waals surface area (Å²) in [6, 6.07) is 4.80. The quantitative estimate of drug-likeness (QED) is 0.617. The molecule has 0 bridgehead atoms. The van der Waals surface area contributed by atoms with E-state index in [0.717, 1.165) is 4.90 Å². The van der Waals surface area contributed by atoms with Gasteiger partial charge in [0.2, 0.25) is 5.91 Å². The van der Waals surface area contributed by atoms with Crippen LogP contribution in [0.3, 0.4) is 0 Å². The summed E-state index contributed by atoms with van der Waals surface area (Å²) >= 11 is 0. The van der Waals surface area contributed by atoms with Crippen LogP contribution in [0.2, 0.25) is 0 Å². The summed E-state index contributed by atoms with van der Waals surface area (Å²) in [6.45, 7) is 7.24. The fourth-order valence-electron chi connectivity index (χ4n) is 3.40. The molecule has 0 saturated carbocycles. The standard InChI is InChI=1S/C21H29F2N3O4/c1-13(2)10-25(11-14(3)4)17(27)12-26-18(28)21(5,24-20(26)29)15-6-8-16(9-7-15)30-19(22)23/h6-9,13-14,19H,10-12H2,1-5H3,(H,24,29)/t21-/m1/s1. The van der Waals surface area contributed by atoms with Gasteiger partial charge in [0.15, 0.2) is 0 Å². The third-order valence-corrected chi connectivity index (χ3v) is 4.75. The molecule has 1 aliphatic heterocycles. The first kappa shape index (κ1) is 23.6. The van der Waals surface area contributed by atoms with Crippen LogP contribution in [0.5, 0.6) is 5.75 Å². The van der Waals surface area contributed by atoms with Gasteiger partial charge in [-0.2, -0.15) is 8.78 Å². The number of urea groups is 1. The highest BCUT2D eigenvalue weighted by molar-refractivity contribution is 6.09. The molecular formula is C21H29F2N3O4. The molecule has 0 aromatic heterocycles. The Morgan fingerprint density at radius 3 is 2.10 bits per heavy atom. The Balaban J connectivity index is 2.17. The van der Waals surface area contributed by atoms with Crippen molar-refractivity contribution in [3.63, 3.8) is 0 Å². The van der Waals surface area contributed by atoms with Gasteiger partial charge in [-0.05, 0) is 36.5 Å². The first-order chi connectivity index (χ1) is 13.9. The van der Waals surface area contributed by atoms with E-state index in [1.165, 1.54) is 31.2 Å². The fourth-order valence-corrected chi connectivity index (χ4v) is 3.40. The molecule has 1 saturated heterocycles. The van der Waals surface area contributed by atoms with Gasteiger partial charge in [-0.25, -0.2) is 4.79 Å². The molecule has 1 fully saturated rings. The lowest BCUT2D eigenvalue weighted by atomic mass is 9.92.